The fourth-order valence-corrected chi connectivity index (χ4v) is 11.7. The van der Waals surface area contributed by atoms with E-state index in [0.717, 1.165) is 71.5 Å². The molecular formula is C53H29N7S2. The fraction of sp³-hybridized carbons (Fsp3) is 0. The van der Waals surface area contributed by atoms with Crippen LogP contribution in [0.3, 0.4) is 0 Å². The Kier molecular flexibility index (Phi) is 7.02. The second kappa shape index (κ2) is 12.8. The molecule has 0 radical (unpaired) electrons. The van der Waals surface area contributed by atoms with Crippen molar-refractivity contribution in [2.45, 2.75) is 0 Å². The third kappa shape index (κ3) is 4.83. The number of benzene rings is 8. The lowest BCUT2D eigenvalue weighted by Crippen LogP contribution is -2.07. The molecule has 6 heterocycles. The van der Waals surface area contributed by atoms with Gasteiger partial charge >= 0.3 is 0 Å². The highest BCUT2D eigenvalue weighted by Gasteiger charge is 2.24. The molecule has 14 rings (SSSR count). The first-order valence-electron chi connectivity index (χ1n) is 20.5. The van der Waals surface area contributed by atoms with Crippen LogP contribution in [0.5, 0.6) is 0 Å². The first kappa shape index (κ1) is 33.9. The van der Waals surface area contributed by atoms with E-state index in [1.165, 1.54) is 40.3 Å². The summed E-state index contributed by atoms with van der Waals surface area (Å²) in [6.07, 6.45) is 3.52. The summed E-state index contributed by atoms with van der Waals surface area (Å²) in [5.74, 6) is 1.77. The van der Waals surface area contributed by atoms with Gasteiger partial charge < -0.3 is 4.57 Å². The molecular weight excluding hydrogens is 799 g/mol. The minimum absolute atomic E-state index is 0.545. The second-order valence-corrected chi connectivity index (χ2v) is 17.8. The predicted molar refractivity (Wildman–Crippen MR) is 258 cm³/mol. The number of fused-ring (bicyclic) bond motifs is 14. The summed E-state index contributed by atoms with van der Waals surface area (Å²) in [5.41, 5.74) is 8.61. The van der Waals surface area contributed by atoms with Crippen molar-refractivity contribution in [3.8, 4) is 34.4 Å². The number of thiophene rings is 2. The normalized spacial score (nSPS) is 12.2. The molecule has 6 aromatic heterocycles. The smallest absolute Gasteiger partial charge is 0.238 e. The molecule has 0 aliphatic heterocycles. The second-order valence-electron chi connectivity index (χ2n) is 15.7. The molecule has 14 aromatic rings. The number of aromatic nitrogens is 7. The Balaban J connectivity index is 1.12. The minimum atomic E-state index is 0.545. The maximum atomic E-state index is 5.47. The van der Waals surface area contributed by atoms with Crippen molar-refractivity contribution in [1.29, 1.82) is 0 Å². The molecule has 0 aliphatic rings. The van der Waals surface area contributed by atoms with Crippen LogP contribution >= 0.6 is 22.7 Å². The van der Waals surface area contributed by atoms with Crippen LogP contribution < -0.4 is 0 Å². The van der Waals surface area contributed by atoms with E-state index in [0.29, 0.717) is 17.6 Å². The molecule has 7 nitrogen and oxygen atoms in total. The Morgan fingerprint density at radius 1 is 0.371 bits per heavy atom. The fourth-order valence-electron chi connectivity index (χ4n) is 9.57. The topological polar surface area (TPSA) is 74.3 Å². The zero-order valence-electron chi connectivity index (χ0n) is 32.7. The highest BCUT2D eigenvalue weighted by Crippen LogP contribution is 2.43. The van der Waals surface area contributed by atoms with Crippen LogP contribution in [0.25, 0.3) is 129 Å². The summed E-state index contributed by atoms with van der Waals surface area (Å²) < 4.78 is 9.59. The van der Waals surface area contributed by atoms with E-state index >= 15 is 0 Å². The Morgan fingerprint density at radius 2 is 0.887 bits per heavy atom. The maximum absolute atomic E-state index is 5.47. The van der Waals surface area contributed by atoms with Gasteiger partial charge in [0.15, 0.2) is 11.6 Å². The largest absolute Gasteiger partial charge is 0.305 e. The number of hydrogen-bond donors (Lipinski definition) is 0. The summed E-state index contributed by atoms with van der Waals surface area (Å²) in [6, 6.07) is 58.3. The van der Waals surface area contributed by atoms with Crippen molar-refractivity contribution >= 4 is 118 Å². The third-order valence-electron chi connectivity index (χ3n) is 12.3. The van der Waals surface area contributed by atoms with Gasteiger partial charge in [-0.2, -0.15) is 9.97 Å². The van der Waals surface area contributed by atoms with Crippen molar-refractivity contribution in [2.24, 2.45) is 0 Å². The van der Waals surface area contributed by atoms with E-state index in [-0.39, 0.29) is 0 Å². The predicted octanol–water partition coefficient (Wildman–Crippen LogP) is 14.1. The highest BCUT2D eigenvalue weighted by molar-refractivity contribution is 7.26. The van der Waals surface area contributed by atoms with Crippen LogP contribution in [-0.2, 0) is 0 Å². The SMILES string of the molecule is c1cc(-n2c3ccccc3c3ccc4c5ccccc5n(-c5nc(-c6ccc7sc8ccccc8c7c6)nc(-c6ccc7sc8ccccc8c7c6)n5)c4c32)c2nccnc2c1. The number of hydrogen-bond acceptors (Lipinski definition) is 7. The average Bonchev–Trinajstić information content (AvgIpc) is 4.08. The molecule has 62 heavy (non-hydrogen) atoms. The van der Waals surface area contributed by atoms with E-state index in [4.69, 9.17) is 24.9 Å². The minimum Gasteiger partial charge on any atom is -0.305 e. The van der Waals surface area contributed by atoms with Gasteiger partial charge in [-0.25, -0.2) is 4.98 Å². The van der Waals surface area contributed by atoms with Gasteiger partial charge in [-0.3, -0.25) is 14.5 Å². The van der Waals surface area contributed by atoms with Gasteiger partial charge in [0.2, 0.25) is 5.95 Å². The van der Waals surface area contributed by atoms with E-state index in [1.54, 1.807) is 12.4 Å². The average molecular weight is 828 g/mol. The van der Waals surface area contributed by atoms with Crippen LogP contribution in [0.15, 0.2) is 176 Å². The Morgan fingerprint density at radius 3 is 1.52 bits per heavy atom. The Hall–Kier alpha value is -7.85. The number of rotatable bonds is 4. The van der Waals surface area contributed by atoms with Gasteiger partial charge in [-0.05, 0) is 72.8 Å². The zero-order valence-corrected chi connectivity index (χ0v) is 34.3. The molecule has 0 spiro atoms. The first-order valence-corrected chi connectivity index (χ1v) is 22.1. The summed E-state index contributed by atoms with van der Waals surface area (Å²) >= 11 is 3.62. The Labute approximate surface area is 360 Å². The van der Waals surface area contributed by atoms with Crippen molar-refractivity contribution in [1.82, 2.24) is 34.1 Å². The van der Waals surface area contributed by atoms with Gasteiger partial charge in [0.05, 0.1) is 33.3 Å². The van der Waals surface area contributed by atoms with E-state index < -0.39 is 0 Å². The standard InChI is InChI=1S/C53H29N7S2/c1-5-15-41-32(10-1)36-22-23-37-33-11-2-6-16-42(33)60(50(37)49(36)59(41)43-17-9-14-40-48(43)55-27-26-54-40)53-57-51(30-20-24-46-38(28-30)34-12-3-7-18-44(34)61-46)56-52(58-53)31-21-25-47-39(29-31)35-13-4-8-19-45(35)62-47/h1-29H. The lowest BCUT2D eigenvalue weighted by atomic mass is 10.1. The first-order chi connectivity index (χ1) is 30.7. The van der Waals surface area contributed by atoms with Crippen LogP contribution in [0.1, 0.15) is 0 Å². The molecule has 0 aliphatic carbocycles. The van der Waals surface area contributed by atoms with Crippen LogP contribution in [0.4, 0.5) is 0 Å². The van der Waals surface area contributed by atoms with Crippen LogP contribution in [0, 0.1) is 0 Å². The van der Waals surface area contributed by atoms with E-state index in [9.17, 15) is 0 Å². The molecule has 288 valence electrons. The van der Waals surface area contributed by atoms with Crippen LogP contribution in [0.2, 0.25) is 0 Å². The lowest BCUT2D eigenvalue weighted by Gasteiger charge is -2.14. The molecule has 0 unspecified atom stereocenters. The van der Waals surface area contributed by atoms with Gasteiger partial charge in [-0.15, -0.1) is 22.7 Å². The molecule has 0 saturated carbocycles. The molecule has 0 bridgehead atoms. The molecule has 8 aromatic carbocycles. The molecule has 0 saturated heterocycles. The van der Waals surface area contributed by atoms with Gasteiger partial charge in [0, 0.05) is 85.4 Å². The zero-order chi connectivity index (χ0) is 40.5. The van der Waals surface area contributed by atoms with Crippen molar-refractivity contribution < 1.29 is 0 Å². The summed E-state index contributed by atoms with van der Waals surface area (Å²) in [5, 5.41) is 9.33. The summed E-state index contributed by atoms with van der Waals surface area (Å²) in [4.78, 5) is 25.9. The molecule has 0 N–H and O–H groups in total. The van der Waals surface area contributed by atoms with Crippen molar-refractivity contribution in [3.63, 3.8) is 0 Å². The van der Waals surface area contributed by atoms with Gasteiger partial charge in [0.25, 0.3) is 0 Å². The van der Waals surface area contributed by atoms with Gasteiger partial charge in [0.1, 0.15) is 5.52 Å². The van der Waals surface area contributed by atoms with Crippen molar-refractivity contribution in [2.75, 3.05) is 0 Å². The Bertz CT molecular complexity index is 4060. The molecule has 0 amide bonds. The molecule has 0 fully saturated rings. The number of nitrogens with zero attached hydrogens (tertiary/aromatic N) is 7. The highest BCUT2D eigenvalue weighted by atomic mass is 32.1. The monoisotopic (exact) mass is 827 g/mol. The van der Waals surface area contributed by atoms with Crippen LogP contribution in [-0.4, -0.2) is 34.1 Å². The van der Waals surface area contributed by atoms with Gasteiger partial charge in [-0.1, -0.05) is 91.0 Å². The van der Waals surface area contributed by atoms with E-state index in [1.807, 2.05) is 28.7 Å². The lowest BCUT2D eigenvalue weighted by molar-refractivity contribution is 0.954. The molecule has 0 atom stereocenters. The molecule has 9 heteroatoms. The van der Waals surface area contributed by atoms with E-state index in [2.05, 4.69) is 167 Å². The third-order valence-corrected chi connectivity index (χ3v) is 14.6. The summed E-state index contributed by atoms with van der Waals surface area (Å²) in [7, 11) is 0. The summed E-state index contributed by atoms with van der Waals surface area (Å²) in [6.45, 7) is 0. The number of para-hydroxylation sites is 3. The maximum Gasteiger partial charge on any atom is 0.238 e. The van der Waals surface area contributed by atoms with Crippen molar-refractivity contribution in [3.05, 3.63) is 176 Å². The quantitative estimate of drug-likeness (QED) is 0.177.